The number of ether oxygens (including phenoxy) is 1. The van der Waals surface area contributed by atoms with Crippen LogP contribution in [0.25, 0.3) is 0 Å². The molecule has 0 aromatic carbocycles. The molecule has 0 aliphatic heterocycles. The van der Waals surface area contributed by atoms with Gasteiger partial charge in [-0.05, 0) is 33.9 Å². The van der Waals surface area contributed by atoms with Gasteiger partial charge in [0.25, 0.3) is 0 Å². The van der Waals surface area contributed by atoms with Crippen molar-refractivity contribution in [2.24, 2.45) is 5.84 Å². The number of hydrogen-bond donors (Lipinski definition) is 3. The van der Waals surface area contributed by atoms with Crippen molar-refractivity contribution in [1.29, 1.82) is 0 Å². The third kappa shape index (κ3) is 9.92. The molecule has 0 saturated heterocycles. The Bertz CT molecular complexity index is 274. The van der Waals surface area contributed by atoms with E-state index in [4.69, 9.17) is 10.6 Å². The highest BCUT2D eigenvalue weighted by molar-refractivity contribution is 5.68. The average molecular weight is 258 g/mol. The molecule has 0 aromatic heterocycles. The van der Waals surface area contributed by atoms with Gasteiger partial charge in [-0.1, -0.05) is 6.08 Å². The number of carbonyl (C=O) groups is 1. The van der Waals surface area contributed by atoms with Crippen LogP contribution in [0.15, 0.2) is 12.3 Å². The monoisotopic (exact) mass is 258 g/mol. The van der Waals surface area contributed by atoms with E-state index >= 15 is 0 Å². The van der Waals surface area contributed by atoms with Crippen molar-refractivity contribution in [2.45, 2.75) is 39.3 Å². The van der Waals surface area contributed by atoms with E-state index in [0.29, 0.717) is 13.1 Å². The van der Waals surface area contributed by atoms with E-state index in [1.165, 1.54) is 0 Å². The number of hydrazine groups is 1. The van der Waals surface area contributed by atoms with Crippen LogP contribution < -0.4 is 16.5 Å². The topological polar surface area (TPSA) is 79.6 Å². The molecule has 18 heavy (non-hydrogen) atoms. The van der Waals surface area contributed by atoms with Crippen molar-refractivity contribution in [1.82, 2.24) is 15.6 Å². The van der Waals surface area contributed by atoms with Crippen molar-refractivity contribution < 1.29 is 9.53 Å². The Morgan fingerprint density at radius 3 is 2.61 bits per heavy atom. The Balaban J connectivity index is 3.92. The van der Waals surface area contributed by atoms with Gasteiger partial charge in [-0.3, -0.25) is 5.84 Å². The summed E-state index contributed by atoms with van der Waals surface area (Å²) in [5.41, 5.74) is -0.484. The van der Waals surface area contributed by atoms with Crippen molar-refractivity contribution in [2.75, 3.05) is 20.1 Å². The molecule has 0 aromatic rings. The predicted octanol–water partition coefficient (Wildman–Crippen LogP) is 0.808. The molecule has 106 valence electrons. The summed E-state index contributed by atoms with van der Waals surface area (Å²) in [5.74, 6) is 5.78. The zero-order chi connectivity index (χ0) is 14.2. The van der Waals surface area contributed by atoms with Crippen LogP contribution in [0.2, 0.25) is 0 Å². The molecule has 0 bridgehead atoms. The number of nitrogens with one attached hydrogen (secondary N) is 2. The fourth-order valence-corrected chi connectivity index (χ4v) is 1.29. The zero-order valence-corrected chi connectivity index (χ0v) is 12.0. The van der Waals surface area contributed by atoms with E-state index in [2.05, 4.69) is 10.6 Å². The molecular formula is C12H26N4O2. The van der Waals surface area contributed by atoms with Crippen molar-refractivity contribution in [3.05, 3.63) is 12.3 Å². The molecule has 1 amide bonds. The fourth-order valence-electron chi connectivity index (χ4n) is 1.29. The summed E-state index contributed by atoms with van der Waals surface area (Å²) < 4.78 is 5.16. The van der Waals surface area contributed by atoms with Crippen LogP contribution in [-0.2, 0) is 4.74 Å². The Morgan fingerprint density at radius 2 is 2.11 bits per heavy atom. The highest BCUT2D eigenvalue weighted by Gasteiger charge is 2.18. The summed E-state index contributed by atoms with van der Waals surface area (Å²) >= 11 is 0. The van der Waals surface area contributed by atoms with E-state index in [0.717, 1.165) is 0 Å². The summed E-state index contributed by atoms with van der Waals surface area (Å²) in [7, 11) is 1.82. The molecular weight excluding hydrogens is 232 g/mol. The number of hydrogen-bond acceptors (Lipinski definition) is 5. The highest BCUT2D eigenvalue weighted by atomic mass is 16.6. The van der Waals surface area contributed by atoms with Crippen LogP contribution in [-0.4, -0.2) is 42.9 Å². The van der Waals surface area contributed by atoms with Gasteiger partial charge in [0.15, 0.2) is 0 Å². The van der Waals surface area contributed by atoms with Crippen LogP contribution in [0.5, 0.6) is 0 Å². The Morgan fingerprint density at radius 1 is 1.50 bits per heavy atom. The van der Waals surface area contributed by atoms with Crippen LogP contribution in [0, 0.1) is 0 Å². The van der Waals surface area contributed by atoms with Crippen LogP contribution in [0.4, 0.5) is 4.79 Å². The third-order valence-electron chi connectivity index (χ3n) is 1.90. The first-order valence-electron chi connectivity index (χ1n) is 6.06. The molecule has 0 heterocycles. The maximum atomic E-state index is 11.5. The quantitative estimate of drug-likeness (QED) is 0.485. The van der Waals surface area contributed by atoms with Gasteiger partial charge in [-0.2, -0.15) is 0 Å². The second-order valence-electron chi connectivity index (χ2n) is 5.19. The Labute approximate surface area is 110 Å². The number of alkyl carbamates (subject to hydrolysis) is 1. The summed E-state index contributed by atoms with van der Waals surface area (Å²) in [6.45, 7) is 8.53. The van der Waals surface area contributed by atoms with E-state index in [-0.39, 0.29) is 6.04 Å². The molecule has 0 rings (SSSR count). The van der Waals surface area contributed by atoms with Gasteiger partial charge < -0.3 is 15.4 Å². The fraction of sp³-hybridized carbons (Fsp3) is 0.750. The van der Waals surface area contributed by atoms with Gasteiger partial charge in [0.1, 0.15) is 5.60 Å². The zero-order valence-electron chi connectivity index (χ0n) is 12.0. The minimum atomic E-state index is -0.484. The molecule has 0 aliphatic carbocycles. The minimum Gasteiger partial charge on any atom is -0.444 e. The van der Waals surface area contributed by atoms with Gasteiger partial charge in [-0.25, -0.2) is 9.80 Å². The van der Waals surface area contributed by atoms with Crippen LogP contribution in [0.3, 0.4) is 0 Å². The third-order valence-corrected chi connectivity index (χ3v) is 1.90. The van der Waals surface area contributed by atoms with E-state index in [1.54, 1.807) is 5.01 Å². The van der Waals surface area contributed by atoms with Gasteiger partial charge in [0.2, 0.25) is 0 Å². The molecule has 1 atom stereocenters. The second kappa shape index (κ2) is 7.94. The van der Waals surface area contributed by atoms with Crippen LogP contribution >= 0.6 is 0 Å². The van der Waals surface area contributed by atoms with Gasteiger partial charge in [0, 0.05) is 26.2 Å². The molecule has 0 aliphatic rings. The number of carbonyl (C=O) groups excluding carboxylic acids is 1. The Kier molecular flexibility index (Phi) is 7.38. The largest absolute Gasteiger partial charge is 0.444 e. The van der Waals surface area contributed by atoms with Gasteiger partial charge in [0.05, 0.1) is 0 Å². The molecule has 0 spiro atoms. The lowest BCUT2D eigenvalue weighted by atomic mass is 10.2. The molecule has 0 fully saturated rings. The van der Waals surface area contributed by atoms with E-state index in [1.807, 2.05) is 47.0 Å². The van der Waals surface area contributed by atoms with E-state index in [9.17, 15) is 4.79 Å². The van der Waals surface area contributed by atoms with Gasteiger partial charge >= 0.3 is 6.09 Å². The van der Waals surface area contributed by atoms with Crippen molar-refractivity contribution in [3.63, 3.8) is 0 Å². The summed E-state index contributed by atoms with van der Waals surface area (Å²) in [6, 6.07) is -0.0761. The number of nitrogens with two attached hydrogens (primary N) is 1. The first-order chi connectivity index (χ1) is 8.24. The SMILES string of the molecule is CN/C=C\CN(N)C[C@@H](C)NC(=O)OC(C)(C)C. The lowest BCUT2D eigenvalue weighted by molar-refractivity contribution is 0.0498. The maximum absolute atomic E-state index is 11.5. The average Bonchev–Trinajstić information content (AvgIpc) is 2.13. The Hall–Kier alpha value is -1.27. The van der Waals surface area contributed by atoms with Crippen LogP contribution in [0.1, 0.15) is 27.7 Å². The number of rotatable bonds is 6. The molecule has 6 nitrogen and oxygen atoms in total. The molecule has 4 N–H and O–H groups in total. The first kappa shape index (κ1) is 16.7. The van der Waals surface area contributed by atoms with E-state index < -0.39 is 11.7 Å². The summed E-state index contributed by atoms with van der Waals surface area (Å²) in [6.07, 6.45) is 3.29. The molecule has 0 unspecified atom stereocenters. The second-order valence-corrected chi connectivity index (χ2v) is 5.19. The lowest BCUT2D eigenvalue weighted by Crippen LogP contribution is -2.46. The van der Waals surface area contributed by atoms with Gasteiger partial charge in [-0.15, -0.1) is 0 Å². The van der Waals surface area contributed by atoms with Crippen molar-refractivity contribution in [3.8, 4) is 0 Å². The smallest absolute Gasteiger partial charge is 0.407 e. The number of nitrogens with zero attached hydrogens (tertiary/aromatic N) is 1. The normalized spacial score (nSPS) is 13.7. The standard InChI is InChI=1S/C12H26N4O2/c1-10(9-16(13)8-6-7-14-5)15-11(17)18-12(2,3)4/h6-7,10,14H,8-9,13H2,1-5H3,(H,15,17)/b7-6-/t10-/m1/s1. The summed E-state index contributed by atoms with van der Waals surface area (Å²) in [5, 5.41) is 7.24. The molecule has 0 saturated carbocycles. The summed E-state index contributed by atoms with van der Waals surface area (Å²) in [4.78, 5) is 11.5. The predicted molar refractivity (Wildman–Crippen MR) is 72.8 cm³/mol. The minimum absolute atomic E-state index is 0.0761. The maximum Gasteiger partial charge on any atom is 0.407 e. The number of amides is 1. The van der Waals surface area contributed by atoms with Crippen molar-refractivity contribution >= 4 is 6.09 Å². The lowest BCUT2D eigenvalue weighted by Gasteiger charge is -2.24. The molecule has 0 radical (unpaired) electrons. The molecule has 6 heteroatoms. The first-order valence-corrected chi connectivity index (χ1v) is 6.06. The highest BCUT2D eigenvalue weighted by Crippen LogP contribution is 2.06.